The van der Waals surface area contributed by atoms with Crippen molar-refractivity contribution in [1.82, 2.24) is 10.2 Å². The molecule has 0 spiro atoms. The Morgan fingerprint density at radius 1 is 0.892 bits per heavy atom. The van der Waals surface area contributed by atoms with Crippen molar-refractivity contribution < 1.29 is 18.0 Å². The van der Waals surface area contributed by atoms with E-state index in [2.05, 4.69) is 22.3 Å². The highest BCUT2D eigenvalue weighted by atomic mass is 19.2. The van der Waals surface area contributed by atoms with Gasteiger partial charge >= 0.3 is 0 Å². The van der Waals surface area contributed by atoms with Gasteiger partial charge in [0.05, 0.1) is 0 Å². The highest BCUT2D eigenvalue weighted by Gasteiger charge is 2.42. The number of nitrogens with two attached hydrogens (primary N) is 1. The molecule has 2 aliphatic rings. The minimum absolute atomic E-state index is 0.0919. The lowest BCUT2D eigenvalue weighted by atomic mass is 9.82. The first-order valence-electron chi connectivity index (χ1n) is 12.9. The van der Waals surface area contributed by atoms with Crippen LogP contribution in [0.2, 0.25) is 0 Å². The molecule has 0 radical (unpaired) electrons. The summed E-state index contributed by atoms with van der Waals surface area (Å²) in [5.41, 5.74) is 9.51. The van der Waals surface area contributed by atoms with E-state index in [1.165, 1.54) is 5.56 Å². The Bertz CT molecular complexity index is 1240. The summed E-state index contributed by atoms with van der Waals surface area (Å²) in [4.78, 5) is 14.9. The lowest BCUT2D eigenvalue weighted by molar-refractivity contribution is 0.0859. The van der Waals surface area contributed by atoms with Crippen LogP contribution < -0.4 is 11.1 Å². The largest absolute Gasteiger partial charge is 0.348 e. The van der Waals surface area contributed by atoms with Gasteiger partial charge in [-0.1, -0.05) is 42.5 Å². The van der Waals surface area contributed by atoms with Crippen molar-refractivity contribution in [3.8, 4) is 0 Å². The number of nitrogens with one attached hydrogen (secondary N) is 1. The first-order valence-corrected chi connectivity index (χ1v) is 12.9. The van der Waals surface area contributed by atoms with Crippen LogP contribution in [0.25, 0.3) is 0 Å². The molecule has 3 aromatic rings. The molecule has 194 valence electrons. The number of piperidine rings is 1. The average molecular weight is 508 g/mol. The van der Waals surface area contributed by atoms with Gasteiger partial charge < -0.3 is 11.1 Å². The van der Waals surface area contributed by atoms with Gasteiger partial charge in [-0.3, -0.25) is 9.69 Å². The third kappa shape index (κ3) is 5.89. The van der Waals surface area contributed by atoms with Crippen LogP contribution in [-0.4, -0.2) is 28.9 Å². The number of nitrogens with zero attached hydrogens (tertiary/aromatic N) is 1. The van der Waals surface area contributed by atoms with E-state index in [4.69, 9.17) is 5.73 Å². The molecule has 37 heavy (non-hydrogen) atoms. The van der Waals surface area contributed by atoms with Crippen LogP contribution in [0.4, 0.5) is 13.2 Å². The fourth-order valence-corrected chi connectivity index (χ4v) is 5.99. The van der Waals surface area contributed by atoms with Gasteiger partial charge in [0.1, 0.15) is 5.82 Å². The van der Waals surface area contributed by atoms with Crippen LogP contribution in [0.15, 0.2) is 66.7 Å². The number of halogens is 3. The van der Waals surface area contributed by atoms with Crippen LogP contribution >= 0.6 is 0 Å². The summed E-state index contributed by atoms with van der Waals surface area (Å²) < 4.78 is 41.1. The number of carbonyl (C=O) groups is 1. The van der Waals surface area contributed by atoms with Gasteiger partial charge in [0.25, 0.3) is 5.91 Å². The molecule has 3 atom stereocenters. The number of hydrogen-bond donors (Lipinski definition) is 2. The molecule has 0 aliphatic carbocycles. The molecule has 3 N–H and O–H groups in total. The predicted molar refractivity (Wildman–Crippen MR) is 137 cm³/mol. The molecule has 2 aliphatic heterocycles. The molecule has 2 bridgehead atoms. The zero-order valence-corrected chi connectivity index (χ0v) is 20.7. The van der Waals surface area contributed by atoms with E-state index in [0.717, 1.165) is 43.9 Å². The standard InChI is InChI=1S/C30H32F3N3O/c31-26-16-28(33)27(32)14-22(26)15-29(34)23-12-24-9-10-25(13-23)36(24)18-20-6-4-5-19(11-20)17-35-30(37)21-7-2-1-3-8-21/h1-8,11,14,16,23-25,29H,9-10,12-13,15,17-18,34H2,(H,35,37)/t23?,24?,25?,29-/m1/s1. The molecule has 2 fully saturated rings. The van der Waals surface area contributed by atoms with Gasteiger partial charge in [0, 0.05) is 42.8 Å². The van der Waals surface area contributed by atoms with Gasteiger partial charge in [-0.05, 0) is 72.9 Å². The molecule has 5 rings (SSSR count). The van der Waals surface area contributed by atoms with E-state index < -0.39 is 17.5 Å². The normalized spacial score (nSPS) is 22.1. The Hall–Kier alpha value is -3.16. The number of rotatable bonds is 8. The summed E-state index contributed by atoms with van der Waals surface area (Å²) in [6.45, 7) is 1.29. The number of fused-ring (bicyclic) bond motifs is 2. The topological polar surface area (TPSA) is 58.4 Å². The summed E-state index contributed by atoms with van der Waals surface area (Å²) in [7, 11) is 0. The first kappa shape index (κ1) is 25.5. The Kier molecular flexibility index (Phi) is 7.63. The second-order valence-corrected chi connectivity index (χ2v) is 10.4. The van der Waals surface area contributed by atoms with Gasteiger partial charge in [-0.2, -0.15) is 0 Å². The summed E-state index contributed by atoms with van der Waals surface area (Å²) in [6.07, 6.45) is 4.22. The Balaban J connectivity index is 1.18. The third-order valence-corrected chi connectivity index (χ3v) is 7.92. The number of amides is 1. The minimum Gasteiger partial charge on any atom is -0.348 e. The van der Waals surface area contributed by atoms with Crippen LogP contribution in [0.1, 0.15) is 52.7 Å². The summed E-state index contributed by atoms with van der Waals surface area (Å²) in [5.74, 6) is -2.84. The quantitative estimate of drug-likeness (QED) is 0.405. The van der Waals surface area contributed by atoms with Crippen molar-refractivity contribution in [3.63, 3.8) is 0 Å². The molecule has 1 amide bonds. The van der Waals surface area contributed by atoms with Crippen LogP contribution in [0, 0.1) is 23.4 Å². The number of carbonyl (C=O) groups excluding carboxylic acids is 1. The smallest absolute Gasteiger partial charge is 0.251 e. The molecule has 7 heteroatoms. The zero-order valence-electron chi connectivity index (χ0n) is 20.7. The molecule has 2 unspecified atom stereocenters. The number of hydrogen-bond acceptors (Lipinski definition) is 3. The molecular weight excluding hydrogens is 475 g/mol. The fourth-order valence-electron chi connectivity index (χ4n) is 5.99. The van der Waals surface area contributed by atoms with Gasteiger partial charge in [-0.15, -0.1) is 0 Å². The van der Waals surface area contributed by atoms with Gasteiger partial charge in [-0.25, -0.2) is 13.2 Å². The second kappa shape index (κ2) is 11.1. The first-order chi connectivity index (χ1) is 17.9. The Labute approximate surface area is 215 Å². The molecule has 3 aromatic carbocycles. The maximum atomic E-state index is 14.2. The average Bonchev–Trinajstić information content (AvgIpc) is 3.12. The van der Waals surface area contributed by atoms with E-state index in [0.29, 0.717) is 30.3 Å². The summed E-state index contributed by atoms with van der Waals surface area (Å²) in [5, 5.41) is 2.99. The Morgan fingerprint density at radius 3 is 2.30 bits per heavy atom. The van der Waals surface area contributed by atoms with Crippen molar-refractivity contribution in [1.29, 1.82) is 0 Å². The molecule has 2 heterocycles. The van der Waals surface area contributed by atoms with Crippen molar-refractivity contribution in [2.45, 2.75) is 63.3 Å². The van der Waals surface area contributed by atoms with Crippen LogP contribution in [0.3, 0.4) is 0 Å². The Morgan fingerprint density at radius 2 is 1.57 bits per heavy atom. The molecule has 2 saturated heterocycles. The summed E-state index contributed by atoms with van der Waals surface area (Å²) in [6, 6.07) is 19.5. The van der Waals surface area contributed by atoms with E-state index in [1.807, 2.05) is 30.3 Å². The van der Waals surface area contributed by atoms with E-state index in [1.54, 1.807) is 12.1 Å². The van der Waals surface area contributed by atoms with Crippen molar-refractivity contribution in [2.24, 2.45) is 11.7 Å². The lowest BCUT2D eigenvalue weighted by Crippen LogP contribution is -2.47. The van der Waals surface area contributed by atoms with Crippen LogP contribution in [0.5, 0.6) is 0 Å². The molecule has 4 nitrogen and oxygen atoms in total. The molecule has 0 saturated carbocycles. The zero-order chi connectivity index (χ0) is 25.9. The maximum Gasteiger partial charge on any atom is 0.251 e. The van der Waals surface area contributed by atoms with Gasteiger partial charge in [0.15, 0.2) is 11.6 Å². The van der Waals surface area contributed by atoms with Crippen LogP contribution in [-0.2, 0) is 19.5 Å². The second-order valence-electron chi connectivity index (χ2n) is 10.4. The van der Waals surface area contributed by atoms with E-state index >= 15 is 0 Å². The monoisotopic (exact) mass is 507 g/mol. The lowest BCUT2D eigenvalue weighted by Gasteiger charge is -2.41. The van der Waals surface area contributed by atoms with Crippen molar-refractivity contribution >= 4 is 5.91 Å². The van der Waals surface area contributed by atoms with Crippen molar-refractivity contribution in [3.05, 3.63) is 106 Å². The third-order valence-electron chi connectivity index (χ3n) is 7.92. The van der Waals surface area contributed by atoms with Crippen molar-refractivity contribution in [2.75, 3.05) is 0 Å². The van der Waals surface area contributed by atoms with Gasteiger partial charge in [0.2, 0.25) is 0 Å². The molecular formula is C30H32F3N3O. The highest BCUT2D eigenvalue weighted by molar-refractivity contribution is 5.94. The maximum absolute atomic E-state index is 14.2. The minimum atomic E-state index is -1.18. The van der Waals surface area contributed by atoms with E-state index in [9.17, 15) is 18.0 Å². The van der Waals surface area contributed by atoms with E-state index in [-0.39, 0.29) is 29.9 Å². The summed E-state index contributed by atoms with van der Waals surface area (Å²) >= 11 is 0. The number of benzene rings is 3. The molecule has 0 aromatic heterocycles. The fraction of sp³-hybridized carbons (Fsp3) is 0.367. The predicted octanol–water partition coefficient (Wildman–Crippen LogP) is 5.35. The SMILES string of the molecule is N[C@H](Cc1cc(F)c(F)cc1F)C1CC2CCC(C1)N2Cc1cccc(CNC(=O)c2ccccc2)c1. The highest BCUT2D eigenvalue weighted by Crippen LogP contribution is 2.41.